The van der Waals surface area contributed by atoms with Crippen LogP contribution in [0.25, 0.3) is 16.2 Å². The average Bonchev–Trinajstić information content (AvgIpc) is 3.45. The van der Waals surface area contributed by atoms with Gasteiger partial charge in [0.05, 0.1) is 18.4 Å². The van der Waals surface area contributed by atoms with E-state index in [1.165, 1.54) is 5.56 Å². The number of imidazole rings is 1. The smallest absolute Gasteiger partial charge is 0.229 e. The third kappa shape index (κ3) is 3.44. The molecule has 0 unspecified atom stereocenters. The Morgan fingerprint density at radius 1 is 1.00 bits per heavy atom. The second kappa shape index (κ2) is 7.36. The van der Waals surface area contributed by atoms with Crippen LogP contribution in [0.4, 0.5) is 5.13 Å². The first-order chi connectivity index (χ1) is 13.8. The van der Waals surface area contributed by atoms with Crippen LogP contribution in [0.2, 0.25) is 0 Å². The van der Waals surface area contributed by atoms with Gasteiger partial charge in [-0.3, -0.25) is 0 Å². The molecule has 1 aliphatic heterocycles. The maximum atomic E-state index is 5.53. The number of nitrogens with zero attached hydrogens (tertiary/aromatic N) is 4. The topological polar surface area (TPSA) is 51.9 Å². The number of hydrogen-bond acceptors (Lipinski definition) is 6. The summed E-state index contributed by atoms with van der Waals surface area (Å²) in [6.07, 6.45) is 3.64. The molecule has 0 atom stereocenters. The molecule has 4 aromatic rings. The van der Waals surface area contributed by atoms with Crippen molar-refractivity contribution in [2.75, 3.05) is 18.2 Å². The molecule has 6 nitrogen and oxygen atoms in total. The molecular formula is C21H18N4O2S. The van der Waals surface area contributed by atoms with Gasteiger partial charge in [0, 0.05) is 12.1 Å². The SMILES string of the molecule is C1=C(CN(Cc2ccccc2)c2nn3cc(-c4ccccc4)nc3s2)OCO1. The lowest BCUT2D eigenvalue weighted by Crippen LogP contribution is -2.25. The van der Waals surface area contributed by atoms with Gasteiger partial charge in [0.15, 0.2) is 5.76 Å². The zero-order valence-electron chi connectivity index (χ0n) is 15.1. The summed E-state index contributed by atoms with van der Waals surface area (Å²) in [5.74, 6) is 0.800. The van der Waals surface area contributed by atoms with Gasteiger partial charge in [-0.2, -0.15) is 0 Å². The van der Waals surface area contributed by atoms with Crippen molar-refractivity contribution >= 4 is 21.4 Å². The highest BCUT2D eigenvalue weighted by atomic mass is 32.1. The van der Waals surface area contributed by atoms with E-state index < -0.39 is 0 Å². The first-order valence-electron chi connectivity index (χ1n) is 8.99. The van der Waals surface area contributed by atoms with E-state index in [2.05, 4.69) is 29.2 Å². The lowest BCUT2D eigenvalue weighted by atomic mass is 10.2. The van der Waals surface area contributed by atoms with Crippen molar-refractivity contribution in [3.63, 3.8) is 0 Å². The van der Waals surface area contributed by atoms with Gasteiger partial charge in [-0.1, -0.05) is 72.0 Å². The van der Waals surface area contributed by atoms with E-state index >= 15 is 0 Å². The minimum Gasteiger partial charge on any atom is -0.462 e. The molecule has 0 fully saturated rings. The number of fused-ring (bicyclic) bond motifs is 1. The predicted octanol–water partition coefficient (Wildman–Crippen LogP) is 4.31. The lowest BCUT2D eigenvalue weighted by molar-refractivity contribution is 0.0797. The maximum absolute atomic E-state index is 5.53. The van der Waals surface area contributed by atoms with E-state index in [0.29, 0.717) is 6.54 Å². The quantitative estimate of drug-likeness (QED) is 0.491. The number of aromatic nitrogens is 3. The van der Waals surface area contributed by atoms with Crippen molar-refractivity contribution in [3.8, 4) is 11.3 Å². The Kier molecular flexibility index (Phi) is 4.42. The van der Waals surface area contributed by atoms with Gasteiger partial charge in [-0.25, -0.2) is 9.50 Å². The van der Waals surface area contributed by atoms with Crippen LogP contribution >= 0.6 is 11.3 Å². The summed E-state index contributed by atoms with van der Waals surface area (Å²) >= 11 is 1.57. The fraction of sp³-hybridized carbons (Fsp3) is 0.143. The van der Waals surface area contributed by atoms with Crippen LogP contribution in [0.3, 0.4) is 0 Å². The normalized spacial score (nSPS) is 13.2. The number of hydrogen-bond donors (Lipinski definition) is 0. The lowest BCUT2D eigenvalue weighted by Gasteiger charge is -2.21. The summed E-state index contributed by atoms with van der Waals surface area (Å²) in [5, 5.41) is 5.66. The third-order valence-corrected chi connectivity index (χ3v) is 5.45. The molecule has 0 spiro atoms. The van der Waals surface area contributed by atoms with Gasteiger partial charge < -0.3 is 14.4 Å². The van der Waals surface area contributed by atoms with E-state index in [9.17, 15) is 0 Å². The maximum Gasteiger partial charge on any atom is 0.229 e. The zero-order chi connectivity index (χ0) is 18.8. The summed E-state index contributed by atoms with van der Waals surface area (Å²) in [7, 11) is 0. The molecule has 3 heterocycles. The van der Waals surface area contributed by atoms with Crippen LogP contribution in [0.15, 0.2) is 78.9 Å². The fourth-order valence-electron chi connectivity index (χ4n) is 3.10. The molecule has 28 heavy (non-hydrogen) atoms. The van der Waals surface area contributed by atoms with Crippen molar-refractivity contribution in [2.45, 2.75) is 6.54 Å². The molecule has 0 aliphatic carbocycles. The monoisotopic (exact) mass is 390 g/mol. The van der Waals surface area contributed by atoms with Gasteiger partial charge in [0.1, 0.15) is 6.26 Å². The molecule has 2 aromatic carbocycles. The Morgan fingerprint density at radius 3 is 2.50 bits per heavy atom. The number of rotatable bonds is 6. The highest BCUT2D eigenvalue weighted by Crippen LogP contribution is 2.28. The van der Waals surface area contributed by atoms with Crippen LogP contribution < -0.4 is 4.90 Å². The largest absolute Gasteiger partial charge is 0.462 e. The van der Waals surface area contributed by atoms with Gasteiger partial charge in [-0.15, -0.1) is 5.10 Å². The van der Waals surface area contributed by atoms with Crippen molar-refractivity contribution in [2.24, 2.45) is 0 Å². The zero-order valence-corrected chi connectivity index (χ0v) is 15.9. The molecule has 0 saturated heterocycles. The fourth-order valence-corrected chi connectivity index (χ4v) is 3.98. The predicted molar refractivity (Wildman–Crippen MR) is 109 cm³/mol. The van der Waals surface area contributed by atoms with Gasteiger partial charge in [0.2, 0.25) is 16.9 Å². The van der Waals surface area contributed by atoms with Crippen LogP contribution in [0, 0.1) is 0 Å². The van der Waals surface area contributed by atoms with E-state index in [0.717, 1.165) is 33.7 Å². The molecule has 0 bridgehead atoms. The van der Waals surface area contributed by atoms with Crippen molar-refractivity contribution in [1.29, 1.82) is 0 Å². The van der Waals surface area contributed by atoms with Crippen molar-refractivity contribution in [1.82, 2.24) is 14.6 Å². The molecule has 0 radical (unpaired) electrons. The van der Waals surface area contributed by atoms with E-state index in [1.54, 1.807) is 17.6 Å². The Labute approximate surface area is 166 Å². The Bertz CT molecular complexity index is 1070. The first-order valence-corrected chi connectivity index (χ1v) is 9.81. The van der Waals surface area contributed by atoms with E-state index in [4.69, 9.17) is 19.6 Å². The number of anilines is 1. The molecule has 0 saturated carbocycles. The summed E-state index contributed by atoms with van der Waals surface area (Å²) in [6, 6.07) is 20.5. The standard InChI is InChI=1S/C21H18N4O2S/c1-3-7-16(8-4-1)11-24(12-18-14-26-15-27-18)21-23-25-13-19(22-20(25)28-21)17-9-5-2-6-10-17/h1-10,13-14H,11-12,15H2. The molecular weight excluding hydrogens is 372 g/mol. The first kappa shape index (κ1) is 16.8. The minimum absolute atomic E-state index is 0.274. The molecule has 7 heteroatoms. The Hall–Kier alpha value is -3.32. The van der Waals surface area contributed by atoms with E-state index in [-0.39, 0.29) is 6.79 Å². The molecule has 0 N–H and O–H groups in total. The number of benzene rings is 2. The van der Waals surface area contributed by atoms with Crippen LogP contribution in [-0.4, -0.2) is 27.9 Å². The molecule has 140 valence electrons. The summed E-state index contributed by atoms with van der Waals surface area (Å²) in [6.45, 7) is 1.59. The van der Waals surface area contributed by atoms with Crippen LogP contribution in [0.1, 0.15) is 5.56 Å². The van der Waals surface area contributed by atoms with E-state index in [1.807, 2.05) is 47.1 Å². The molecule has 2 aromatic heterocycles. The van der Waals surface area contributed by atoms with Gasteiger partial charge in [-0.05, 0) is 5.56 Å². The molecule has 5 rings (SSSR count). The average molecular weight is 390 g/mol. The third-order valence-electron chi connectivity index (χ3n) is 4.46. The van der Waals surface area contributed by atoms with Crippen LogP contribution in [0.5, 0.6) is 0 Å². The van der Waals surface area contributed by atoms with Crippen LogP contribution in [-0.2, 0) is 16.0 Å². The summed E-state index contributed by atoms with van der Waals surface area (Å²) < 4.78 is 12.6. The van der Waals surface area contributed by atoms with Gasteiger partial charge >= 0.3 is 0 Å². The van der Waals surface area contributed by atoms with Crippen molar-refractivity contribution in [3.05, 3.63) is 84.4 Å². The van der Waals surface area contributed by atoms with Gasteiger partial charge in [0.25, 0.3) is 0 Å². The second-order valence-corrected chi connectivity index (χ2v) is 7.39. The highest BCUT2D eigenvalue weighted by Gasteiger charge is 2.19. The highest BCUT2D eigenvalue weighted by molar-refractivity contribution is 7.20. The number of ether oxygens (including phenoxy) is 2. The molecule has 1 aliphatic rings. The molecule has 0 amide bonds. The minimum atomic E-state index is 0.274. The Morgan fingerprint density at radius 2 is 1.79 bits per heavy atom. The Balaban J connectivity index is 1.45. The summed E-state index contributed by atoms with van der Waals surface area (Å²) in [5.41, 5.74) is 3.22. The van der Waals surface area contributed by atoms with Crippen molar-refractivity contribution < 1.29 is 9.47 Å². The second-order valence-electron chi connectivity index (χ2n) is 6.46. The summed E-state index contributed by atoms with van der Waals surface area (Å²) in [4.78, 5) is 7.79.